The van der Waals surface area contributed by atoms with Gasteiger partial charge in [0.2, 0.25) is 5.91 Å². The molecule has 0 aromatic heterocycles. The maximum atomic E-state index is 12.9. The van der Waals surface area contributed by atoms with E-state index in [1.54, 1.807) is 11.9 Å². The number of hydrazone groups is 1. The number of carbonyl (C=O) groups is 2. The largest absolute Gasteiger partial charge is 0.368 e. The fraction of sp³-hybridized carbons (Fsp3) is 0.211. The Morgan fingerprint density at radius 2 is 1.92 bits per heavy atom. The molecule has 7 heteroatoms. The first-order chi connectivity index (χ1) is 12.4. The van der Waals surface area contributed by atoms with Crippen LogP contribution in [0.3, 0.4) is 0 Å². The van der Waals surface area contributed by atoms with Crippen LogP contribution in [0.1, 0.15) is 12.0 Å². The molecule has 2 aromatic rings. The lowest BCUT2D eigenvalue weighted by atomic mass is 10.1. The highest BCUT2D eigenvalue weighted by atomic mass is 79.9. The molecule has 6 nitrogen and oxygen atoms in total. The second kappa shape index (κ2) is 7.29. The third-order valence-corrected chi connectivity index (χ3v) is 4.82. The van der Waals surface area contributed by atoms with E-state index in [0.29, 0.717) is 5.71 Å². The summed E-state index contributed by atoms with van der Waals surface area (Å²) in [5.41, 5.74) is 8.31. The maximum Gasteiger partial charge on any atom is 0.274 e. The fourth-order valence-corrected chi connectivity index (χ4v) is 3.45. The molecule has 0 fully saturated rings. The molecule has 26 heavy (non-hydrogen) atoms. The van der Waals surface area contributed by atoms with Gasteiger partial charge in [0, 0.05) is 23.6 Å². The Balaban J connectivity index is 1.90. The van der Waals surface area contributed by atoms with Gasteiger partial charge in [0.1, 0.15) is 11.8 Å². The van der Waals surface area contributed by atoms with Crippen molar-refractivity contribution in [2.45, 2.75) is 19.4 Å². The number of amides is 2. The lowest BCUT2D eigenvalue weighted by molar-refractivity contribution is -0.119. The molecular weight excluding hydrogens is 396 g/mol. The molecular formula is C19H19BrN4O2. The summed E-state index contributed by atoms with van der Waals surface area (Å²) in [6, 6.07) is 14.2. The molecule has 0 bridgehead atoms. The van der Waals surface area contributed by atoms with Gasteiger partial charge in [-0.2, -0.15) is 5.10 Å². The van der Waals surface area contributed by atoms with E-state index in [4.69, 9.17) is 5.73 Å². The van der Waals surface area contributed by atoms with Gasteiger partial charge < -0.3 is 10.6 Å². The number of halogens is 1. The molecule has 3 rings (SSSR count). The van der Waals surface area contributed by atoms with E-state index in [-0.39, 0.29) is 12.3 Å². The zero-order chi connectivity index (χ0) is 18.8. The normalized spacial score (nSPS) is 16.3. The van der Waals surface area contributed by atoms with Gasteiger partial charge in [-0.15, -0.1) is 0 Å². The number of primary amides is 1. The molecule has 2 amide bonds. The Morgan fingerprint density at radius 3 is 2.54 bits per heavy atom. The number of aryl methyl sites for hydroxylation is 1. The van der Waals surface area contributed by atoms with Gasteiger partial charge in [0.25, 0.3) is 5.91 Å². The average molecular weight is 415 g/mol. The number of nitrogens with zero attached hydrogens (tertiary/aromatic N) is 3. The quantitative estimate of drug-likeness (QED) is 0.834. The highest BCUT2D eigenvalue weighted by molar-refractivity contribution is 9.10. The number of anilines is 2. The number of rotatable bonds is 4. The van der Waals surface area contributed by atoms with Crippen LogP contribution in [0.5, 0.6) is 0 Å². The third-order valence-electron chi connectivity index (χ3n) is 4.33. The van der Waals surface area contributed by atoms with Gasteiger partial charge >= 0.3 is 0 Å². The van der Waals surface area contributed by atoms with Crippen molar-refractivity contribution in [1.82, 2.24) is 0 Å². The van der Waals surface area contributed by atoms with Crippen LogP contribution in [0.4, 0.5) is 11.4 Å². The van der Waals surface area contributed by atoms with Gasteiger partial charge in [0.15, 0.2) is 0 Å². The Labute approximate surface area is 160 Å². The van der Waals surface area contributed by atoms with Crippen LogP contribution in [-0.4, -0.2) is 30.6 Å². The predicted molar refractivity (Wildman–Crippen MR) is 106 cm³/mol. The number of nitrogens with two attached hydrogens (primary N) is 1. The standard InChI is InChI=1S/C19H19BrN4O2/c1-12-10-13(20)8-9-16(12)23(2)19(26)15-11-17(18(21)25)24(22-15)14-6-4-3-5-7-14/h3-10,17H,11H2,1-2H3,(H2,21,25). The summed E-state index contributed by atoms with van der Waals surface area (Å²) in [6.45, 7) is 1.93. The van der Waals surface area contributed by atoms with Crippen molar-refractivity contribution in [3.63, 3.8) is 0 Å². The monoisotopic (exact) mass is 414 g/mol. The van der Waals surface area contributed by atoms with Crippen molar-refractivity contribution in [3.8, 4) is 0 Å². The molecule has 1 aliphatic heterocycles. The number of benzene rings is 2. The second-order valence-corrected chi connectivity index (χ2v) is 7.06. The highest BCUT2D eigenvalue weighted by Crippen LogP contribution is 2.27. The molecule has 0 saturated carbocycles. The molecule has 134 valence electrons. The van der Waals surface area contributed by atoms with Crippen molar-refractivity contribution >= 4 is 44.8 Å². The molecule has 0 saturated heterocycles. The van der Waals surface area contributed by atoms with Crippen molar-refractivity contribution in [3.05, 3.63) is 58.6 Å². The summed E-state index contributed by atoms with van der Waals surface area (Å²) in [5.74, 6) is -0.761. The van der Waals surface area contributed by atoms with E-state index in [1.807, 2.05) is 55.5 Å². The zero-order valence-corrected chi connectivity index (χ0v) is 16.1. The van der Waals surface area contributed by atoms with Gasteiger partial charge in [-0.25, -0.2) is 0 Å². The van der Waals surface area contributed by atoms with Crippen LogP contribution >= 0.6 is 15.9 Å². The van der Waals surface area contributed by atoms with Crippen LogP contribution in [0.25, 0.3) is 0 Å². The van der Waals surface area contributed by atoms with E-state index < -0.39 is 11.9 Å². The van der Waals surface area contributed by atoms with Crippen molar-refractivity contribution in [2.75, 3.05) is 17.0 Å². The summed E-state index contributed by atoms with van der Waals surface area (Å²) in [5, 5.41) is 5.93. The minimum Gasteiger partial charge on any atom is -0.368 e. The van der Waals surface area contributed by atoms with Gasteiger partial charge in [-0.1, -0.05) is 34.1 Å². The van der Waals surface area contributed by atoms with Crippen molar-refractivity contribution in [2.24, 2.45) is 10.8 Å². The number of carbonyl (C=O) groups excluding carboxylic acids is 2. The number of hydrogen-bond acceptors (Lipinski definition) is 4. The summed E-state index contributed by atoms with van der Waals surface area (Å²) >= 11 is 3.42. The minimum atomic E-state index is -0.671. The summed E-state index contributed by atoms with van der Waals surface area (Å²) < 4.78 is 0.946. The summed E-state index contributed by atoms with van der Waals surface area (Å²) in [4.78, 5) is 26.3. The molecule has 1 aliphatic rings. The molecule has 0 aliphatic carbocycles. The van der Waals surface area contributed by atoms with E-state index in [1.165, 1.54) is 5.01 Å². The predicted octanol–water partition coefficient (Wildman–Crippen LogP) is 2.84. The highest BCUT2D eigenvalue weighted by Gasteiger charge is 2.36. The maximum absolute atomic E-state index is 12.9. The topological polar surface area (TPSA) is 79.0 Å². The Hall–Kier alpha value is -2.67. The first-order valence-electron chi connectivity index (χ1n) is 8.13. The van der Waals surface area contributed by atoms with E-state index in [9.17, 15) is 9.59 Å². The van der Waals surface area contributed by atoms with Crippen LogP contribution < -0.4 is 15.6 Å². The number of para-hydroxylation sites is 1. The molecule has 1 heterocycles. The second-order valence-electron chi connectivity index (χ2n) is 6.14. The minimum absolute atomic E-state index is 0.184. The zero-order valence-electron chi connectivity index (χ0n) is 14.5. The fourth-order valence-electron chi connectivity index (χ4n) is 2.98. The average Bonchev–Trinajstić information content (AvgIpc) is 3.07. The molecule has 1 atom stereocenters. The first-order valence-corrected chi connectivity index (χ1v) is 8.93. The van der Waals surface area contributed by atoms with Crippen LogP contribution in [0.2, 0.25) is 0 Å². The lowest BCUT2D eigenvalue weighted by Gasteiger charge is -2.20. The van der Waals surface area contributed by atoms with Crippen LogP contribution in [0.15, 0.2) is 58.1 Å². The summed E-state index contributed by atoms with van der Waals surface area (Å²) in [7, 11) is 1.70. The smallest absolute Gasteiger partial charge is 0.274 e. The lowest BCUT2D eigenvalue weighted by Crippen LogP contribution is -2.40. The molecule has 2 aromatic carbocycles. The van der Waals surface area contributed by atoms with Crippen LogP contribution in [0, 0.1) is 6.92 Å². The Kier molecular flexibility index (Phi) is 5.08. The third kappa shape index (κ3) is 3.48. The number of hydrogen-bond donors (Lipinski definition) is 1. The van der Waals surface area contributed by atoms with E-state index in [0.717, 1.165) is 21.4 Å². The molecule has 1 unspecified atom stereocenters. The molecule has 2 N–H and O–H groups in total. The van der Waals surface area contributed by atoms with Gasteiger partial charge in [0.05, 0.1) is 5.69 Å². The SMILES string of the molecule is Cc1cc(Br)ccc1N(C)C(=O)C1=NN(c2ccccc2)C(C(N)=O)C1. The van der Waals surface area contributed by atoms with E-state index in [2.05, 4.69) is 21.0 Å². The van der Waals surface area contributed by atoms with Gasteiger partial charge in [-0.3, -0.25) is 14.6 Å². The van der Waals surface area contributed by atoms with Crippen molar-refractivity contribution in [1.29, 1.82) is 0 Å². The Morgan fingerprint density at radius 1 is 1.23 bits per heavy atom. The summed E-state index contributed by atoms with van der Waals surface area (Å²) in [6.07, 6.45) is 0.184. The van der Waals surface area contributed by atoms with E-state index >= 15 is 0 Å². The van der Waals surface area contributed by atoms with Crippen LogP contribution in [-0.2, 0) is 9.59 Å². The first kappa shape index (κ1) is 18.1. The van der Waals surface area contributed by atoms with Gasteiger partial charge in [-0.05, 0) is 42.8 Å². The Bertz CT molecular complexity index is 882. The molecule has 0 radical (unpaired) electrons. The van der Waals surface area contributed by atoms with Crippen molar-refractivity contribution < 1.29 is 9.59 Å². The molecule has 0 spiro atoms.